The number of carbonyl (C=O) groups excluding carboxylic acids is 1. The minimum atomic E-state index is -2.83. The molecule has 3 nitrogen and oxygen atoms in total. The predicted octanol–water partition coefficient (Wildman–Crippen LogP) is 2.77. The SMILES string of the molecule is COC(=O)c1cc(Br)oc1C(F)F. The summed E-state index contributed by atoms with van der Waals surface area (Å²) in [5.41, 5.74) is -0.260. The van der Waals surface area contributed by atoms with Gasteiger partial charge in [-0.2, -0.15) is 0 Å². The van der Waals surface area contributed by atoms with Crippen LogP contribution in [0.15, 0.2) is 15.2 Å². The molecule has 1 aromatic rings. The molecule has 0 saturated carbocycles. The fourth-order valence-electron chi connectivity index (χ4n) is 0.806. The molecule has 0 aliphatic carbocycles. The molecule has 0 spiro atoms. The van der Waals surface area contributed by atoms with E-state index in [-0.39, 0.29) is 10.2 Å². The van der Waals surface area contributed by atoms with Crippen LogP contribution in [0, 0.1) is 0 Å². The van der Waals surface area contributed by atoms with Crippen molar-refractivity contribution in [2.24, 2.45) is 0 Å². The van der Waals surface area contributed by atoms with Crippen LogP contribution in [0.1, 0.15) is 22.5 Å². The van der Waals surface area contributed by atoms with E-state index in [1.807, 2.05) is 0 Å². The summed E-state index contributed by atoms with van der Waals surface area (Å²) >= 11 is 2.84. The third-order valence-corrected chi connectivity index (χ3v) is 1.73. The number of furan rings is 1. The van der Waals surface area contributed by atoms with Gasteiger partial charge in [-0.3, -0.25) is 0 Å². The van der Waals surface area contributed by atoms with Crippen molar-refractivity contribution < 1.29 is 22.7 Å². The first-order chi connectivity index (χ1) is 6.06. The Bertz CT molecular complexity index is 322. The van der Waals surface area contributed by atoms with Gasteiger partial charge in [0, 0.05) is 6.07 Å². The van der Waals surface area contributed by atoms with E-state index < -0.39 is 18.2 Å². The minimum absolute atomic E-state index is 0.0724. The van der Waals surface area contributed by atoms with E-state index in [0.717, 1.165) is 13.2 Å². The highest BCUT2D eigenvalue weighted by Crippen LogP contribution is 2.29. The highest BCUT2D eigenvalue weighted by atomic mass is 79.9. The van der Waals surface area contributed by atoms with Gasteiger partial charge in [-0.05, 0) is 15.9 Å². The summed E-state index contributed by atoms with van der Waals surface area (Å²) < 4.78 is 33.4. The molecule has 0 fully saturated rings. The molecule has 0 unspecified atom stereocenters. The van der Waals surface area contributed by atoms with E-state index in [2.05, 4.69) is 25.1 Å². The number of hydrogen-bond donors (Lipinski definition) is 0. The Labute approximate surface area is 80.8 Å². The van der Waals surface area contributed by atoms with E-state index in [1.165, 1.54) is 0 Å². The van der Waals surface area contributed by atoms with Gasteiger partial charge in [0.25, 0.3) is 6.43 Å². The van der Waals surface area contributed by atoms with Crippen molar-refractivity contribution in [2.45, 2.75) is 6.43 Å². The first kappa shape index (κ1) is 10.2. The van der Waals surface area contributed by atoms with Crippen LogP contribution in [0.3, 0.4) is 0 Å². The summed E-state index contributed by atoms with van der Waals surface area (Å²) in [5.74, 6) is -1.52. The number of carbonyl (C=O) groups is 1. The molecule has 1 aromatic heterocycles. The van der Waals surface area contributed by atoms with Crippen LogP contribution in [-0.2, 0) is 4.74 Å². The molecule has 0 saturated heterocycles. The van der Waals surface area contributed by atoms with Gasteiger partial charge in [-0.15, -0.1) is 0 Å². The van der Waals surface area contributed by atoms with E-state index >= 15 is 0 Å². The lowest BCUT2D eigenvalue weighted by Crippen LogP contribution is -2.02. The smallest absolute Gasteiger partial charge is 0.341 e. The van der Waals surface area contributed by atoms with E-state index in [0.29, 0.717) is 0 Å². The predicted molar refractivity (Wildman–Crippen MR) is 42.7 cm³/mol. The third-order valence-electron chi connectivity index (χ3n) is 1.33. The first-order valence-electron chi connectivity index (χ1n) is 3.22. The van der Waals surface area contributed by atoms with Crippen LogP contribution >= 0.6 is 15.9 Å². The Kier molecular flexibility index (Phi) is 3.02. The number of alkyl halides is 2. The number of hydrogen-bond acceptors (Lipinski definition) is 3. The molecule has 0 radical (unpaired) electrons. The summed E-state index contributed by atoms with van der Waals surface area (Å²) in [6.07, 6.45) is -2.83. The van der Waals surface area contributed by atoms with Crippen molar-refractivity contribution in [3.63, 3.8) is 0 Å². The summed E-state index contributed by atoms with van der Waals surface area (Å²) in [6.45, 7) is 0. The minimum Gasteiger partial charge on any atom is -0.465 e. The summed E-state index contributed by atoms with van der Waals surface area (Å²) in [7, 11) is 1.11. The largest absolute Gasteiger partial charge is 0.465 e. The molecule has 0 N–H and O–H groups in total. The van der Waals surface area contributed by atoms with E-state index in [4.69, 9.17) is 0 Å². The van der Waals surface area contributed by atoms with Crippen LogP contribution in [0.4, 0.5) is 8.78 Å². The molecule has 72 valence electrons. The molecule has 0 aliphatic heterocycles. The molecule has 6 heteroatoms. The summed E-state index contributed by atoms with van der Waals surface area (Å²) in [6, 6.07) is 1.15. The van der Waals surface area contributed by atoms with Crippen LogP contribution in [0.5, 0.6) is 0 Å². The normalized spacial score (nSPS) is 10.5. The molecule has 0 aromatic carbocycles. The molecule has 0 bridgehead atoms. The van der Waals surface area contributed by atoms with Crippen molar-refractivity contribution >= 4 is 21.9 Å². The number of esters is 1. The van der Waals surface area contributed by atoms with Crippen LogP contribution in [0.2, 0.25) is 0 Å². The second kappa shape index (κ2) is 3.87. The van der Waals surface area contributed by atoms with Gasteiger partial charge >= 0.3 is 5.97 Å². The lowest BCUT2D eigenvalue weighted by atomic mass is 10.2. The standard InChI is InChI=1S/C7H5BrF2O3/c1-12-7(11)3-2-4(8)13-5(3)6(9)10/h2,6H,1H3. The zero-order valence-corrected chi connectivity index (χ0v) is 8.10. The van der Waals surface area contributed by atoms with Crippen LogP contribution in [0.25, 0.3) is 0 Å². The first-order valence-corrected chi connectivity index (χ1v) is 4.01. The number of methoxy groups -OCH3 is 1. The lowest BCUT2D eigenvalue weighted by Gasteiger charge is -1.97. The Hall–Kier alpha value is -0.910. The van der Waals surface area contributed by atoms with Crippen molar-refractivity contribution in [1.29, 1.82) is 0 Å². The summed E-state index contributed by atoms with van der Waals surface area (Å²) in [5, 5.41) is 0. The zero-order chi connectivity index (χ0) is 10.0. The monoisotopic (exact) mass is 254 g/mol. The second-order valence-electron chi connectivity index (χ2n) is 2.12. The topological polar surface area (TPSA) is 39.4 Å². The maximum absolute atomic E-state index is 12.2. The molecule has 1 rings (SSSR count). The molecular formula is C7H5BrF2O3. The lowest BCUT2D eigenvalue weighted by molar-refractivity contribution is 0.0579. The molecule has 0 atom stereocenters. The second-order valence-corrected chi connectivity index (χ2v) is 2.90. The Morgan fingerprint density at radius 1 is 1.69 bits per heavy atom. The number of rotatable bonds is 2. The van der Waals surface area contributed by atoms with Gasteiger partial charge in [-0.25, -0.2) is 13.6 Å². The molecular weight excluding hydrogens is 250 g/mol. The number of halogens is 3. The van der Waals surface area contributed by atoms with Crippen molar-refractivity contribution in [3.05, 3.63) is 22.1 Å². The van der Waals surface area contributed by atoms with Gasteiger partial charge in [0.1, 0.15) is 5.56 Å². The molecule has 0 amide bonds. The van der Waals surface area contributed by atoms with Crippen LogP contribution < -0.4 is 0 Å². The highest BCUT2D eigenvalue weighted by molar-refractivity contribution is 9.10. The van der Waals surface area contributed by atoms with Crippen molar-refractivity contribution in [1.82, 2.24) is 0 Å². The van der Waals surface area contributed by atoms with Crippen molar-refractivity contribution in [3.8, 4) is 0 Å². The van der Waals surface area contributed by atoms with E-state index in [1.54, 1.807) is 0 Å². The van der Waals surface area contributed by atoms with Crippen molar-refractivity contribution in [2.75, 3.05) is 7.11 Å². The average Bonchev–Trinajstić information content (AvgIpc) is 2.46. The van der Waals surface area contributed by atoms with Gasteiger partial charge < -0.3 is 9.15 Å². The van der Waals surface area contributed by atoms with Gasteiger partial charge in [0.15, 0.2) is 10.4 Å². The zero-order valence-electron chi connectivity index (χ0n) is 6.51. The Balaban J connectivity index is 3.11. The van der Waals surface area contributed by atoms with E-state index in [9.17, 15) is 13.6 Å². The molecule has 0 aliphatic rings. The highest BCUT2D eigenvalue weighted by Gasteiger charge is 2.24. The molecule has 13 heavy (non-hydrogen) atoms. The Morgan fingerprint density at radius 2 is 2.31 bits per heavy atom. The maximum atomic E-state index is 12.2. The quantitative estimate of drug-likeness (QED) is 0.762. The van der Waals surface area contributed by atoms with Gasteiger partial charge in [0.05, 0.1) is 7.11 Å². The average molecular weight is 255 g/mol. The molecule has 1 heterocycles. The fraction of sp³-hybridized carbons (Fsp3) is 0.286. The van der Waals surface area contributed by atoms with Crippen LogP contribution in [-0.4, -0.2) is 13.1 Å². The van der Waals surface area contributed by atoms with Gasteiger partial charge in [-0.1, -0.05) is 0 Å². The fourth-order valence-corrected chi connectivity index (χ4v) is 1.21. The Morgan fingerprint density at radius 3 is 2.77 bits per heavy atom. The number of ether oxygens (including phenoxy) is 1. The summed E-state index contributed by atoms with van der Waals surface area (Å²) in [4.78, 5) is 10.9. The third kappa shape index (κ3) is 2.06. The maximum Gasteiger partial charge on any atom is 0.341 e. The van der Waals surface area contributed by atoms with Gasteiger partial charge in [0.2, 0.25) is 0 Å².